The molecule has 1 aromatic carbocycles. The van der Waals surface area contributed by atoms with Crippen LogP contribution in [0.3, 0.4) is 0 Å². The van der Waals surface area contributed by atoms with Crippen molar-refractivity contribution in [2.45, 2.75) is 25.4 Å². The number of benzene rings is 1. The van der Waals surface area contributed by atoms with Crippen LogP contribution in [0.25, 0.3) is 27.7 Å². The van der Waals surface area contributed by atoms with E-state index in [0.29, 0.717) is 11.3 Å². The van der Waals surface area contributed by atoms with Gasteiger partial charge in [-0.3, -0.25) is 4.79 Å². The van der Waals surface area contributed by atoms with Gasteiger partial charge in [0.15, 0.2) is 0 Å². The normalized spacial score (nSPS) is 16.3. The Morgan fingerprint density at radius 1 is 1.26 bits per heavy atom. The number of carbonyl (C=O) groups excluding carboxylic acids is 1. The molecule has 1 atom stereocenters. The van der Waals surface area contributed by atoms with Crippen molar-refractivity contribution in [1.29, 1.82) is 0 Å². The number of methoxy groups -OCH3 is 1. The Hall–Kier alpha value is -3.19. The van der Waals surface area contributed by atoms with E-state index >= 15 is 0 Å². The van der Waals surface area contributed by atoms with Crippen LogP contribution >= 0.6 is 0 Å². The molecule has 3 aromatic rings. The third-order valence-corrected chi connectivity index (χ3v) is 5.63. The number of ether oxygens (including phenoxy) is 2. The van der Waals surface area contributed by atoms with Crippen molar-refractivity contribution >= 4 is 22.5 Å². The number of likely N-dealkylation sites (N-methyl/N-ethyl adjacent to an activating group) is 1. The lowest BCUT2D eigenvalue weighted by molar-refractivity contribution is -0.135. The summed E-state index contributed by atoms with van der Waals surface area (Å²) in [6, 6.07) is 8.44. The summed E-state index contributed by atoms with van der Waals surface area (Å²) in [7, 11) is 5.03. The fourth-order valence-corrected chi connectivity index (χ4v) is 3.85. The van der Waals surface area contributed by atoms with Crippen molar-refractivity contribution < 1.29 is 18.7 Å². The molecule has 2 aromatic heterocycles. The lowest BCUT2D eigenvalue weighted by Crippen LogP contribution is -2.29. The van der Waals surface area contributed by atoms with Gasteiger partial charge in [0.05, 0.1) is 13.2 Å². The molecule has 162 valence electrons. The Labute approximate surface area is 180 Å². The summed E-state index contributed by atoms with van der Waals surface area (Å²) in [5.74, 6) is 0.267. The quantitative estimate of drug-likeness (QED) is 0.637. The average Bonchev–Trinajstić information content (AvgIpc) is 3.22. The van der Waals surface area contributed by atoms with Crippen LogP contribution in [0.2, 0.25) is 0 Å². The fourth-order valence-electron chi connectivity index (χ4n) is 3.85. The van der Waals surface area contributed by atoms with E-state index in [1.165, 1.54) is 22.6 Å². The largest absolute Gasteiger partial charge is 0.496 e. The number of hydrogen-bond acceptors (Lipinski definition) is 4. The average molecular weight is 423 g/mol. The number of hydrogen-bond donors (Lipinski definition) is 1. The predicted octanol–water partition coefficient (Wildman–Crippen LogP) is 4.42. The molecule has 0 radical (unpaired) electrons. The maximum Gasteiger partial charge on any atom is 0.248 e. The molecular weight excluding hydrogens is 397 g/mol. The van der Waals surface area contributed by atoms with Gasteiger partial charge in [0.25, 0.3) is 0 Å². The summed E-state index contributed by atoms with van der Waals surface area (Å²) in [5, 5.41) is 0.914. The highest BCUT2D eigenvalue weighted by atomic mass is 19.1. The number of pyridine rings is 1. The summed E-state index contributed by atoms with van der Waals surface area (Å²) < 4.78 is 25.1. The summed E-state index contributed by atoms with van der Waals surface area (Å²) in [6.45, 7) is 0.107. The molecule has 0 saturated carbocycles. The van der Waals surface area contributed by atoms with Crippen LogP contribution < -0.4 is 4.74 Å². The second-order valence-electron chi connectivity index (χ2n) is 7.87. The molecule has 1 aliphatic carbocycles. The molecule has 1 N–H and O–H groups in total. The number of aromatic nitrogens is 2. The molecule has 7 heteroatoms. The van der Waals surface area contributed by atoms with Crippen molar-refractivity contribution in [3.8, 4) is 16.9 Å². The number of nitrogens with one attached hydrogen (secondary N) is 1. The van der Waals surface area contributed by atoms with Gasteiger partial charge in [-0.25, -0.2) is 9.37 Å². The SMILES string of the molecule is COc1ccc(F)cc1-c1ccnc2[nH]c(C3=CCC(OCC(=O)N(C)C)CC3)cc12. The van der Waals surface area contributed by atoms with Crippen LogP contribution in [0.4, 0.5) is 4.39 Å². The number of H-pyrrole nitrogens is 1. The molecule has 1 aliphatic rings. The van der Waals surface area contributed by atoms with Gasteiger partial charge in [0.2, 0.25) is 5.91 Å². The van der Waals surface area contributed by atoms with Crippen molar-refractivity contribution in [2.75, 3.05) is 27.8 Å². The Balaban J connectivity index is 1.58. The first-order valence-electron chi connectivity index (χ1n) is 10.3. The third-order valence-electron chi connectivity index (χ3n) is 5.63. The number of aromatic amines is 1. The topological polar surface area (TPSA) is 67.5 Å². The molecule has 0 aliphatic heterocycles. The summed E-state index contributed by atoms with van der Waals surface area (Å²) in [5.41, 5.74) is 4.48. The zero-order chi connectivity index (χ0) is 22.0. The highest BCUT2D eigenvalue weighted by Crippen LogP contribution is 2.37. The van der Waals surface area contributed by atoms with E-state index in [-0.39, 0.29) is 24.4 Å². The smallest absolute Gasteiger partial charge is 0.248 e. The van der Waals surface area contributed by atoms with Gasteiger partial charge in [0, 0.05) is 36.9 Å². The van der Waals surface area contributed by atoms with Gasteiger partial charge in [-0.1, -0.05) is 6.08 Å². The van der Waals surface area contributed by atoms with E-state index in [9.17, 15) is 9.18 Å². The van der Waals surface area contributed by atoms with Gasteiger partial charge >= 0.3 is 0 Å². The number of amides is 1. The molecule has 0 bridgehead atoms. The number of allylic oxidation sites excluding steroid dienone is 1. The zero-order valence-corrected chi connectivity index (χ0v) is 17.9. The lowest BCUT2D eigenvalue weighted by atomic mass is 9.94. The van der Waals surface area contributed by atoms with Crippen molar-refractivity contribution in [3.05, 3.63) is 54.1 Å². The van der Waals surface area contributed by atoms with Crippen molar-refractivity contribution in [2.24, 2.45) is 0 Å². The second kappa shape index (κ2) is 8.89. The van der Waals surface area contributed by atoms with Crippen LogP contribution in [0, 0.1) is 5.82 Å². The van der Waals surface area contributed by atoms with E-state index in [0.717, 1.165) is 41.6 Å². The zero-order valence-electron chi connectivity index (χ0n) is 17.9. The number of carbonyl (C=O) groups is 1. The monoisotopic (exact) mass is 423 g/mol. The summed E-state index contributed by atoms with van der Waals surface area (Å²) in [4.78, 5) is 21.1. The van der Waals surface area contributed by atoms with Gasteiger partial charge in [0.1, 0.15) is 23.8 Å². The van der Waals surface area contributed by atoms with Gasteiger partial charge in [-0.15, -0.1) is 0 Å². The van der Waals surface area contributed by atoms with E-state index < -0.39 is 0 Å². The molecule has 1 amide bonds. The van der Waals surface area contributed by atoms with Gasteiger partial charge in [-0.05, 0) is 60.7 Å². The van der Waals surface area contributed by atoms with E-state index in [1.54, 1.807) is 33.5 Å². The Kier molecular flexibility index (Phi) is 6.04. The van der Waals surface area contributed by atoms with Crippen molar-refractivity contribution in [3.63, 3.8) is 0 Å². The fraction of sp³-hybridized carbons (Fsp3) is 0.333. The summed E-state index contributed by atoms with van der Waals surface area (Å²) in [6.07, 6.45) is 6.35. The van der Waals surface area contributed by atoms with Crippen LogP contribution in [0.5, 0.6) is 5.75 Å². The Bertz CT molecular complexity index is 1140. The maximum absolute atomic E-state index is 13.9. The lowest BCUT2D eigenvalue weighted by Gasteiger charge is -2.22. The molecule has 1 unspecified atom stereocenters. The molecule has 2 heterocycles. The van der Waals surface area contributed by atoms with E-state index in [2.05, 4.69) is 22.1 Å². The van der Waals surface area contributed by atoms with Crippen molar-refractivity contribution in [1.82, 2.24) is 14.9 Å². The molecule has 6 nitrogen and oxygen atoms in total. The standard InChI is InChI=1S/C24H26FN3O3/c1-28(2)23(29)14-31-17-7-4-15(5-8-17)21-13-20-18(10-11-26-24(20)27-21)19-12-16(25)6-9-22(19)30-3/h4,6,9-13,17H,5,7-8,14H2,1-3H3,(H,26,27). The Morgan fingerprint density at radius 3 is 2.81 bits per heavy atom. The van der Waals surface area contributed by atoms with Gasteiger partial charge < -0.3 is 19.4 Å². The first kappa shape index (κ1) is 21.1. The third kappa shape index (κ3) is 4.46. The first-order valence-corrected chi connectivity index (χ1v) is 10.3. The van der Waals surface area contributed by atoms with Gasteiger partial charge in [-0.2, -0.15) is 0 Å². The number of halogens is 1. The second-order valence-corrected chi connectivity index (χ2v) is 7.87. The highest BCUT2D eigenvalue weighted by Gasteiger charge is 2.20. The molecule has 4 rings (SSSR count). The highest BCUT2D eigenvalue weighted by molar-refractivity contribution is 5.96. The molecule has 0 saturated heterocycles. The van der Waals surface area contributed by atoms with Crippen LogP contribution in [0.15, 0.2) is 42.6 Å². The minimum atomic E-state index is -0.315. The first-order chi connectivity index (χ1) is 15.0. The van der Waals surface area contributed by atoms with E-state index in [4.69, 9.17) is 9.47 Å². The molecular formula is C24H26FN3O3. The van der Waals surface area contributed by atoms with Crippen LogP contribution in [-0.2, 0) is 9.53 Å². The Morgan fingerprint density at radius 2 is 2.10 bits per heavy atom. The number of nitrogens with zero attached hydrogens (tertiary/aromatic N) is 2. The minimum absolute atomic E-state index is 0.0308. The number of rotatable bonds is 6. The number of fused-ring (bicyclic) bond motifs is 1. The minimum Gasteiger partial charge on any atom is -0.496 e. The summed E-state index contributed by atoms with van der Waals surface area (Å²) >= 11 is 0. The molecule has 0 spiro atoms. The van der Waals surface area contributed by atoms with Crippen LogP contribution in [-0.4, -0.2) is 54.7 Å². The maximum atomic E-state index is 13.9. The van der Waals surface area contributed by atoms with E-state index in [1.807, 2.05) is 6.07 Å². The molecule has 0 fully saturated rings. The molecule has 31 heavy (non-hydrogen) atoms. The predicted molar refractivity (Wildman–Crippen MR) is 118 cm³/mol. The van der Waals surface area contributed by atoms with Crippen LogP contribution in [0.1, 0.15) is 25.0 Å².